The van der Waals surface area contributed by atoms with Crippen LogP contribution in [-0.2, 0) is 13.7 Å². The van der Waals surface area contributed by atoms with Crippen LogP contribution in [0, 0.1) is 6.92 Å². The van der Waals surface area contributed by atoms with Gasteiger partial charge in [-0.2, -0.15) is 25.3 Å². The van der Waals surface area contributed by atoms with Gasteiger partial charge in [0.25, 0.3) is 0 Å². The van der Waals surface area contributed by atoms with E-state index in [1.165, 1.54) is 26.0 Å². The van der Waals surface area contributed by atoms with Gasteiger partial charge >= 0.3 is 11.9 Å². The number of hydrogen-bond acceptors (Lipinski definition) is 4. The van der Waals surface area contributed by atoms with Crippen LogP contribution in [0.1, 0.15) is 30.5 Å². The first-order valence-electron chi connectivity index (χ1n) is 6.45. The van der Waals surface area contributed by atoms with Gasteiger partial charge in [-0.1, -0.05) is 23.8 Å². The highest BCUT2D eigenvalue weighted by Crippen LogP contribution is 2.38. The Bertz CT molecular complexity index is 673. The quantitative estimate of drug-likeness (QED) is 0.376. The average Bonchev–Trinajstić information content (AvgIpc) is 2.37. The van der Waals surface area contributed by atoms with Crippen LogP contribution in [0.5, 0.6) is 0 Å². The van der Waals surface area contributed by atoms with E-state index in [-0.39, 0.29) is 11.1 Å². The molecule has 0 amide bonds. The molecule has 2 N–H and O–H groups in total. The van der Waals surface area contributed by atoms with Gasteiger partial charge in [-0.25, -0.2) is 9.59 Å². The molecule has 0 aromatic heterocycles. The van der Waals surface area contributed by atoms with Gasteiger partial charge in [0.1, 0.15) is 4.08 Å². The van der Waals surface area contributed by atoms with E-state index < -0.39 is 16.0 Å². The summed E-state index contributed by atoms with van der Waals surface area (Å²) in [6.07, 6.45) is 2.94. The van der Waals surface area contributed by atoms with Crippen LogP contribution in [0.2, 0.25) is 0 Å². The number of benzene rings is 1. The lowest BCUT2D eigenvalue weighted by Crippen LogP contribution is -2.12. The minimum Gasteiger partial charge on any atom is -0.478 e. The van der Waals surface area contributed by atoms with E-state index in [2.05, 4.69) is 25.3 Å². The Morgan fingerprint density at radius 3 is 2.14 bits per heavy atom. The largest absolute Gasteiger partial charge is 0.478 e. The lowest BCUT2D eigenvalue weighted by atomic mass is 9.98. The fourth-order valence-corrected chi connectivity index (χ4v) is 2.67. The smallest absolute Gasteiger partial charge is 0.331 e. The molecule has 0 aliphatic rings. The van der Waals surface area contributed by atoms with Crippen molar-refractivity contribution in [3.63, 3.8) is 0 Å². The van der Waals surface area contributed by atoms with Crippen molar-refractivity contribution >= 4 is 43.3 Å². The number of hydrogen-bond donors (Lipinski definition) is 4. The monoisotopic (exact) mass is 338 g/mol. The van der Waals surface area contributed by atoms with Crippen LogP contribution in [-0.4, -0.2) is 22.2 Å². The van der Waals surface area contributed by atoms with E-state index in [1.54, 1.807) is 6.07 Å². The summed E-state index contributed by atoms with van der Waals surface area (Å²) in [6.45, 7) is 4.83. The molecular weight excluding hydrogens is 320 g/mol. The van der Waals surface area contributed by atoms with Crippen molar-refractivity contribution < 1.29 is 19.8 Å². The number of carbonyl (C=O) groups is 2. The molecule has 22 heavy (non-hydrogen) atoms. The van der Waals surface area contributed by atoms with Crippen LogP contribution in [0.4, 0.5) is 0 Å². The molecule has 4 nitrogen and oxygen atoms in total. The molecule has 0 aliphatic heterocycles. The van der Waals surface area contributed by atoms with Gasteiger partial charge in [-0.15, -0.1) is 0 Å². The fraction of sp³-hybridized carbons (Fsp3) is 0.250. The average molecular weight is 338 g/mol. The lowest BCUT2D eigenvalue weighted by Gasteiger charge is -2.22. The summed E-state index contributed by atoms with van der Waals surface area (Å²) >= 11 is 8.87. The van der Waals surface area contributed by atoms with E-state index in [0.29, 0.717) is 11.1 Å². The molecule has 0 spiro atoms. The maximum Gasteiger partial charge on any atom is 0.331 e. The van der Waals surface area contributed by atoms with E-state index >= 15 is 0 Å². The number of aliphatic carboxylic acids is 2. The molecule has 0 saturated heterocycles. The normalized spacial score (nSPS) is 13.1. The first-order valence-corrected chi connectivity index (χ1v) is 7.34. The van der Waals surface area contributed by atoms with Gasteiger partial charge in [0.15, 0.2) is 0 Å². The third-order valence-electron chi connectivity index (χ3n) is 3.07. The van der Waals surface area contributed by atoms with Crippen molar-refractivity contribution in [3.05, 3.63) is 52.1 Å². The SMILES string of the molecule is CC(=Cc1cc(C)ccc1C(S)(S)C=C(C)C(=O)O)C(=O)O. The molecule has 0 atom stereocenters. The summed E-state index contributed by atoms with van der Waals surface area (Å²) in [4.78, 5) is 22.0. The van der Waals surface area contributed by atoms with E-state index in [0.717, 1.165) is 5.56 Å². The second kappa shape index (κ2) is 7.07. The van der Waals surface area contributed by atoms with Crippen LogP contribution >= 0.6 is 25.3 Å². The summed E-state index contributed by atoms with van der Waals surface area (Å²) in [5, 5.41) is 18.0. The Labute approximate surface area is 140 Å². The second-order valence-corrected chi connectivity index (χ2v) is 6.85. The molecule has 0 unspecified atom stereocenters. The number of carboxylic acid groups (broad SMARTS) is 2. The second-order valence-electron chi connectivity index (χ2n) is 5.08. The molecular formula is C16H18O4S2. The summed E-state index contributed by atoms with van der Waals surface area (Å²) in [5.41, 5.74) is 2.48. The van der Waals surface area contributed by atoms with Gasteiger partial charge in [0.05, 0.1) is 0 Å². The standard InChI is InChI=1S/C16H18O4S2/c1-9-4-5-13(12(6-9)7-10(2)14(17)18)16(21,22)8-11(3)15(19)20/h4-8,21-22H,1-3H3,(H,17,18)(H,19,20). The van der Waals surface area contributed by atoms with Crippen LogP contribution in [0.15, 0.2) is 35.4 Å². The Hall–Kier alpha value is -1.66. The van der Waals surface area contributed by atoms with Crippen molar-refractivity contribution in [1.82, 2.24) is 0 Å². The van der Waals surface area contributed by atoms with Gasteiger partial charge in [0, 0.05) is 11.1 Å². The number of thiol groups is 2. The van der Waals surface area contributed by atoms with Crippen molar-refractivity contribution in [2.75, 3.05) is 0 Å². The minimum atomic E-state index is -1.14. The third kappa shape index (κ3) is 4.68. The Morgan fingerprint density at radius 2 is 1.64 bits per heavy atom. The highest BCUT2D eigenvalue weighted by molar-refractivity contribution is 8.00. The van der Waals surface area contributed by atoms with E-state index in [1.807, 2.05) is 19.1 Å². The fourth-order valence-electron chi connectivity index (χ4n) is 1.87. The molecule has 6 heteroatoms. The third-order valence-corrected chi connectivity index (χ3v) is 3.81. The summed E-state index contributed by atoms with van der Waals surface area (Å²) in [7, 11) is 0. The first kappa shape index (κ1) is 18.4. The van der Waals surface area contributed by atoms with Gasteiger partial charge in [-0.05, 0) is 44.1 Å². The maximum atomic E-state index is 11.0. The van der Waals surface area contributed by atoms with Crippen molar-refractivity contribution in [2.45, 2.75) is 24.9 Å². The molecule has 0 radical (unpaired) electrons. The zero-order valence-electron chi connectivity index (χ0n) is 12.5. The topological polar surface area (TPSA) is 74.6 Å². The summed E-state index contributed by atoms with van der Waals surface area (Å²) < 4.78 is -1.14. The molecule has 1 rings (SSSR count). The number of carboxylic acids is 2. The predicted octanol–water partition coefficient (Wildman–Crippen LogP) is 3.53. The highest BCUT2D eigenvalue weighted by atomic mass is 32.2. The Balaban J connectivity index is 3.48. The van der Waals surface area contributed by atoms with Gasteiger partial charge in [0.2, 0.25) is 0 Å². The molecule has 1 aromatic carbocycles. The molecule has 118 valence electrons. The van der Waals surface area contributed by atoms with E-state index in [4.69, 9.17) is 10.2 Å². The summed E-state index contributed by atoms with van der Waals surface area (Å²) in [6, 6.07) is 5.42. The summed E-state index contributed by atoms with van der Waals surface area (Å²) in [5.74, 6) is -2.08. The molecule has 0 bridgehead atoms. The maximum absolute atomic E-state index is 11.0. The minimum absolute atomic E-state index is 0.107. The molecule has 0 fully saturated rings. The van der Waals surface area contributed by atoms with Gasteiger partial charge < -0.3 is 10.2 Å². The number of rotatable bonds is 5. The van der Waals surface area contributed by atoms with E-state index in [9.17, 15) is 9.59 Å². The van der Waals surface area contributed by atoms with Crippen LogP contribution in [0.25, 0.3) is 6.08 Å². The highest BCUT2D eigenvalue weighted by Gasteiger charge is 2.24. The van der Waals surface area contributed by atoms with Gasteiger partial charge in [-0.3, -0.25) is 0 Å². The van der Waals surface area contributed by atoms with Crippen molar-refractivity contribution in [2.24, 2.45) is 0 Å². The molecule has 0 aliphatic carbocycles. The molecule has 0 heterocycles. The van der Waals surface area contributed by atoms with Crippen molar-refractivity contribution in [1.29, 1.82) is 0 Å². The zero-order valence-corrected chi connectivity index (χ0v) is 14.3. The first-order chi connectivity index (χ1) is 10.0. The number of aryl methyl sites for hydroxylation is 1. The zero-order chi connectivity index (χ0) is 17.1. The lowest BCUT2D eigenvalue weighted by molar-refractivity contribution is -0.133. The van der Waals surface area contributed by atoms with Crippen LogP contribution in [0.3, 0.4) is 0 Å². The van der Waals surface area contributed by atoms with Crippen LogP contribution < -0.4 is 0 Å². The van der Waals surface area contributed by atoms with Crippen molar-refractivity contribution in [3.8, 4) is 0 Å². The molecule has 1 aromatic rings. The Morgan fingerprint density at radius 1 is 1.09 bits per heavy atom. The predicted molar refractivity (Wildman–Crippen MR) is 93.5 cm³/mol. The molecule has 0 saturated carbocycles. The Kier molecular flexibility index (Phi) is 5.91.